The molecule has 0 aliphatic heterocycles. The van der Waals surface area contributed by atoms with E-state index in [1.54, 1.807) is 0 Å². The van der Waals surface area contributed by atoms with Gasteiger partial charge in [0.05, 0.1) is 6.61 Å². The van der Waals surface area contributed by atoms with E-state index in [4.69, 9.17) is 4.74 Å². The first-order chi connectivity index (χ1) is 10.8. The first kappa shape index (κ1) is 18.0. The molecule has 2 aliphatic rings. The van der Waals surface area contributed by atoms with Crippen molar-refractivity contribution in [2.24, 2.45) is 23.7 Å². The van der Waals surface area contributed by atoms with Gasteiger partial charge in [0.15, 0.2) is 0 Å². The maximum atomic E-state index is 5.53. The van der Waals surface area contributed by atoms with E-state index in [2.05, 4.69) is 26.0 Å². The molecule has 0 amide bonds. The normalized spacial score (nSPS) is 33.4. The van der Waals surface area contributed by atoms with Gasteiger partial charge in [-0.3, -0.25) is 0 Å². The lowest BCUT2D eigenvalue weighted by molar-refractivity contribution is 0.150. The van der Waals surface area contributed by atoms with E-state index in [-0.39, 0.29) is 0 Å². The fourth-order valence-corrected chi connectivity index (χ4v) is 4.71. The van der Waals surface area contributed by atoms with E-state index in [9.17, 15) is 0 Å². The molecule has 0 heterocycles. The van der Waals surface area contributed by atoms with Gasteiger partial charge in [0, 0.05) is 6.61 Å². The highest BCUT2D eigenvalue weighted by Crippen LogP contribution is 2.42. The lowest BCUT2D eigenvalue weighted by atomic mass is 9.69. The highest BCUT2D eigenvalue weighted by molar-refractivity contribution is 4.92. The molecule has 2 rings (SSSR count). The second-order valence-electron chi connectivity index (χ2n) is 7.75. The van der Waals surface area contributed by atoms with Crippen LogP contribution in [0.15, 0.2) is 12.2 Å². The molecule has 2 saturated carbocycles. The maximum absolute atomic E-state index is 5.53. The Morgan fingerprint density at radius 1 is 0.818 bits per heavy atom. The average Bonchev–Trinajstić information content (AvgIpc) is 2.56. The van der Waals surface area contributed by atoms with Crippen molar-refractivity contribution in [3.8, 4) is 0 Å². The zero-order valence-electron chi connectivity index (χ0n) is 15.1. The Bertz CT molecular complexity index is 293. The molecule has 2 aliphatic carbocycles. The summed E-state index contributed by atoms with van der Waals surface area (Å²) in [5.41, 5.74) is 0. The molecule has 1 nitrogen and oxygen atoms in total. The van der Waals surface area contributed by atoms with Crippen molar-refractivity contribution in [1.29, 1.82) is 0 Å². The molecule has 1 heteroatoms. The van der Waals surface area contributed by atoms with Gasteiger partial charge in [-0.05, 0) is 68.6 Å². The zero-order valence-corrected chi connectivity index (χ0v) is 15.1. The minimum atomic E-state index is 0.815. The molecular weight excluding hydrogens is 268 g/mol. The van der Waals surface area contributed by atoms with Crippen LogP contribution in [0, 0.1) is 23.7 Å². The van der Waals surface area contributed by atoms with Crippen LogP contribution in [0.25, 0.3) is 0 Å². The van der Waals surface area contributed by atoms with E-state index in [1.165, 1.54) is 64.2 Å². The smallest absolute Gasteiger partial charge is 0.0647 e. The van der Waals surface area contributed by atoms with Gasteiger partial charge in [-0.15, -0.1) is 0 Å². The first-order valence-electron chi connectivity index (χ1n) is 10.1. The van der Waals surface area contributed by atoms with Gasteiger partial charge in [0.2, 0.25) is 0 Å². The van der Waals surface area contributed by atoms with Crippen LogP contribution in [0.4, 0.5) is 0 Å². The lowest BCUT2D eigenvalue weighted by Gasteiger charge is -2.37. The number of allylic oxidation sites excluding steroid dienone is 1. The highest BCUT2D eigenvalue weighted by Gasteiger charge is 2.29. The van der Waals surface area contributed by atoms with Gasteiger partial charge in [-0.1, -0.05) is 51.7 Å². The van der Waals surface area contributed by atoms with Crippen LogP contribution in [0.2, 0.25) is 0 Å². The Hall–Kier alpha value is -0.300. The molecule has 0 N–H and O–H groups in total. The molecule has 0 unspecified atom stereocenters. The molecule has 0 aromatic carbocycles. The van der Waals surface area contributed by atoms with E-state index in [0.717, 1.165) is 43.3 Å². The monoisotopic (exact) mass is 306 g/mol. The van der Waals surface area contributed by atoms with Crippen LogP contribution >= 0.6 is 0 Å². The molecule has 128 valence electrons. The number of rotatable bonds is 8. The SMILES string of the molecule is CCCOC/C=C/C1CCC(C2CCC(CCC)CC2)CC1. The van der Waals surface area contributed by atoms with Crippen molar-refractivity contribution in [3.63, 3.8) is 0 Å². The summed E-state index contributed by atoms with van der Waals surface area (Å²) in [4.78, 5) is 0. The van der Waals surface area contributed by atoms with Crippen LogP contribution in [0.1, 0.15) is 84.5 Å². The summed E-state index contributed by atoms with van der Waals surface area (Å²) in [7, 11) is 0. The summed E-state index contributed by atoms with van der Waals surface area (Å²) in [6.07, 6.45) is 20.6. The lowest BCUT2D eigenvalue weighted by Crippen LogP contribution is -2.25. The second-order valence-corrected chi connectivity index (χ2v) is 7.75. The number of hydrogen-bond donors (Lipinski definition) is 0. The molecule has 0 bridgehead atoms. The van der Waals surface area contributed by atoms with Crippen molar-refractivity contribution in [2.45, 2.75) is 84.5 Å². The Morgan fingerprint density at radius 3 is 2.05 bits per heavy atom. The predicted octanol–water partition coefficient (Wildman–Crippen LogP) is 6.38. The summed E-state index contributed by atoms with van der Waals surface area (Å²) in [6.45, 7) is 6.22. The Kier molecular flexibility index (Phi) is 8.59. The molecule has 0 aromatic rings. The summed E-state index contributed by atoms with van der Waals surface area (Å²) in [5, 5.41) is 0. The average molecular weight is 307 g/mol. The van der Waals surface area contributed by atoms with Crippen molar-refractivity contribution in [2.75, 3.05) is 13.2 Å². The molecule has 2 fully saturated rings. The molecule has 0 saturated heterocycles. The fraction of sp³-hybridized carbons (Fsp3) is 0.905. The van der Waals surface area contributed by atoms with E-state index < -0.39 is 0 Å². The second kappa shape index (κ2) is 10.5. The zero-order chi connectivity index (χ0) is 15.6. The van der Waals surface area contributed by atoms with Crippen LogP contribution in [0.5, 0.6) is 0 Å². The standard InChI is InChI=1S/C21H38O/c1-3-6-18-8-12-20(13-9-18)21-14-10-19(11-15-21)7-5-17-22-16-4-2/h5,7,18-21H,3-4,6,8-17H2,1-2H3/b7-5+. The minimum absolute atomic E-state index is 0.815. The van der Waals surface area contributed by atoms with Crippen LogP contribution in [0.3, 0.4) is 0 Å². The van der Waals surface area contributed by atoms with Crippen molar-refractivity contribution >= 4 is 0 Å². The highest BCUT2D eigenvalue weighted by atomic mass is 16.5. The molecule has 22 heavy (non-hydrogen) atoms. The largest absolute Gasteiger partial charge is 0.377 e. The third kappa shape index (κ3) is 6.07. The van der Waals surface area contributed by atoms with Gasteiger partial charge >= 0.3 is 0 Å². The summed E-state index contributed by atoms with van der Waals surface area (Å²) < 4.78 is 5.53. The van der Waals surface area contributed by atoms with Gasteiger partial charge in [-0.25, -0.2) is 0 Å². The third-order valence-electron chi connectivity index (χ3n) is 6.04. The Morgan fingerprint density at radius 2 is 1.45 bits per heavy atom. The quantitative estimate of drug-likeness (QED) is 0.373. The predicted molar refractivity (Wildman–Crippen MR) is 96.1 cm³/mol. The summed E-state index contributed by atoms with van der Waals surface area (Å²) in [5.74, 6) is 4.00. The third-order valence-corrected chi connectivity index (χ3v) is 6.04. The number of ether oxygens (including phenoxy) is 1. The molecule has 0 atom stereocenters. The summed E-state index contributed by atoms with van der Waals surface area (Å²) in [6, 6.07) is 0. The van der Waals surface area contributed by atoms with Gasteiger partial charge < -0.3 is 4.74 Å². The molecule has 0 radical (unpaired) electrons. The molecule has 0 spiro atoms. The van der Waals surface area contributed by atoms with E-state index in [1.807, 2.05) is 0 Å². The minimum Gasteiger partial charge on any atom is -0.377 e. The topological polar surface area (TPSA) is 9.23 Å². The van der Waals surface area contributed by atoms with Crippen molar-refractivity contribution in [1.82, 2.24) is 0 Å². The van der Waals surface area contributed by atoms with Crippen molar-refractivity contribution < 1.29 is 4.74 Å². The van der Waals surface area contributed by atoms with Gasteiger partial charge in [0.25, 0.3) is 0 Å². The van der Waals surface area contributed by atoms with Gasteiger partial charge in [0.1, 0.15) is 0 Å². The van der Waals surface area contributed by atoms with Crippen LogP contribution in [-0.2, 0) is 4.74 Å². The maximum Gasteiger partial charge on any atom is 0.0647 e. The molecular formula is C21H38O. The van der Waals surface area contributed by atoms with Gasteiger partial charge in [-0.2, -0.15) is 0 Å². The van der Waals surface area contributed by atoms with Crippen LogP contribution in [-0.4, -0.2) is 13.2 Å². The fourth-order valence-electron chi connectivity index (χ4n) is 4.71. The Balaban J connectivity index is 1.61. The van der Waals surface area contributed by atoms with E-state index in [0.29, 0.717) is 0 Å². The summed E-state index contributed by atoms with van der Waals surface area (Å²) >= 11 is 0. The van der Waals surface area contributed by atoms with Crippen molar-refractivity contribution in [3.05, 3.63) is 12.2 Å². The van der Waals surface area contributed by atoms with Crippen LogP contribution < -0.4 is 0 Å². The Labute approximate surface area is 138 Å². The van der Waals surface area contributed by atoms with E-state index >= 15 is 0 Å². The number of hydrogen-bond acceptors (Lipinski definition) is 1. The molecule has 0 aromatic heterocycles. The first-order valence-corrected chi connectivity index (χ1v) is 10.1.